The molecule has 2 N–H and O–H groups in total. The lowest BCUT2D eigenvalue weighted by atomic mass is 9.86. The molecule has 1 aliphatic carbocycles. The predicted molar refractivity (Wildman–Crippen MR) is 126 cm³/mol. The Morgan fingerprint density at radius 2 is 1.97 bits per heavy atom. The van der Waals surface area contributed by atoms with E-state index in [1.807, 2.05) is 24.7 Å². The highest BCUT2D eigenvalue weighted by atomic mass is 15.2. The molecule has 4 aromatic rings. The average molecular weight is 424 g/mol. The first kappa shape index (κ1) is 19.2. The van der Waals surface area contributed by atoms with Crippen LogP contribution in [0.2, 0.25) is 0 Å². The molecule has 1 fully saturated rings. The molecular formula is C25H25N7. The van der Waals surface area contributed by atoms with E-state index >= 15 is 0 Å². The molecule has 0 atom stereocenters. The van der Waals surface area contributed by atoms with Gasteiger partial charge in [-0.2, -0.15) is 4.98 Å². The molecule has 7 heteroatoms. The van der Waals surface area contributed by atoms with Crippen LogP contribution in [0.25, 0.3) is 21.9 Å². The van der Waals surface area contributed by atoms with Gasteiger partial charge in [0.15, 0.2) is 0 Å². The van der Waals surface area contributed by atoms with E-state index in [1.54, 1.807) is 0 Å². The standard InChI is InChI=1S/C25H25N7/c1-2-16-3-6-18(7-4-16)32-22-15-27-12-10-19(22)20-13-28-25(31-24(20)32)30-23-8-5-17-9-11-26-14-21(17)29-23/h1,5,8,10,12-13,15-16,18,26H,3-4,6-7,9,11,14H2,(H,28,29,30,31). The number of fused-ring (bicyclic) bond motifs is 4. The molecule has 2 aliphatic rings. The molecule has 160 valence electrons. The molecule has 0 saturated heterocycles. The zero-order chi connectivity index (χ0) is 21.5. The quantitative estimate of drug-likeness (QED) is 0.483. The lowest BCUT2D eigenvalue weighted by Gasteiger charge is -2.27. The second-order valence-electron chi connectivity index (χ2n) is 8.72. The number of pyridine rings is 2. The molecule has 7 nitrogen and oxygen atoms in total. The highest BCUT2D eigenvalue weighted by Gasteiger charge is 2.25. The van der Waals surface area contributed by atoms with E-state index < -0.39 is 0 Å². The molecular weight excluding hydrogens is 398 g/mol. The number of nitrogens with zero attached hydrogens (tertiary/aromatic N) is 5. The van der Waals surface area contributed by atoms with Gasteiger partial charge >= 0.3 is 0 Å². The summed E-state index contributed by atoms with van der Waals surface area (Å²) in [6.45, 7) is 1.80. The van der Waals surface area contributed by atoms with Gasteiger partial charge in [0.2, 0.25) is 5.95 Å². The van der Waals surface area contributed by atoms with Crippen LogP contribution in [-0.4, -0.2) is 31.0 Å². The molecule has 0 aromatic carbocycles. The van der Waals surface area contributed by atoms with Gasteiger partial charge in [-0.15, -0.1) is 12.3 Å². The Bertz CT molecular complexity index is 1340. The monoisotopic (exact) mass is 423 g/mol. The van der Waals surface area contributed by atoms with E-state index in [0.717, 1.165) is 78.6 Å². The van der Waals surface area contributed by atoms with Gasteiger partial charge in [0.1, 0.15) is 11.5 Å². The van der Waals surface area contributed by atoms with Crippen molar-refractivity contribution >= 4 is 33.7 Å². The minimum Gasteiger partial charge on any atom is -0.321 e. The van der Waals surface area contributed by atoms with E-state index in [1.165, 1.54) is 5.56 Å². The smallest absolute Gasteiger partial charge is 0.230 e. The van der Waals surface area contributed by atoms with Crippen LogP contribution in [0.4, 0.5) is 11.8 Å². The Labute approximate surface area is 186 Å². The third-order valence-electron chi connectivity index (χ3n) is 6.82. The molecule has 5 heterocycles. The lowest BCUT2D eigenvalue weighted by molar-refractivity contribution is 0.324. The summed E-state index contributed by atoms with van der Waals surface area (Å²) in [6.07, 6.45) is 16.6. The summed E-state index contributed by atoms with van der Waals surface area (Å²) in [7, 11) is 0. The van der Waals surface area contributed by atoms with Crippen LogP contribution < -0.4 is 10.6 Å². The summed E-state index contributed by atoms with van der Waals surface area (Å²) < 4.78 is 2.35. The van der Waals surface area contributed by atoms with Gasteiger partial charge in [-0.1, -0.05) is 6.07 Å². The normalized spacial score (nSPS) is 20.7. The molecule has 32 heavy (non-hydrogen) atoms. The molecule has 0 unspecified atom stereocenters. The van der Waals surface area contributed by atoms with Crippen molar-refractivity contribution in [3.63, 3.8) is 0 Å². The van der Waals surface area contributed by atoms with Gasteiger partial charge in [-0.05, 0) is 56.3 Å². The maximum atomic E-state index is 5.68. The average Bonchev–Trinajstić information content (AvgIpc) is 3.17. The van der Waals surface area contributed by atoms with Gasteiger partial charge in [0.25, 0.3) is 0 Å². The molecule has 0 bridgehead atoms. The number of hydrogen-bond acceptors (Lipinski definition) is 6. The van der Waals surface area contributed by atoms with Gasteiger partial charge < -0.3 is 15.2 Å². The van der Waals surface area contributed by atoms with Gasteiger partial charge in [-0.3, -0.25) is 4.98 Å². The van der Waals surface area contributed by atoms with Gasteiger partial charge in [-0.25, -0.2) is 9.97 Å². The summed E-state index contributed by atoms with van der Waals surface area (Å²) in [5, 5.41) is 8.89. The summed E-state index contributed by atoms with van der Waals surface area (Å²) in [5.41, 5.74) is 4.44. The third kappa shape index (κ3) is 3.28. The third-order valence-corrected chi connectivity index (χ3v) is 6.82. The van der Waals surface area contributed by atoms with E-state index in [0.29, 0.717) is 17.9 Å². The molecule has 0 radical (unpaired) electrons. The number of nitrogens with one attached hydrogen (secondary N) is 2. The molecule has 1 saturated carbocycles. The first-order chi connectivity index (χ1) is 15.8. The Balaban J connectivity index is 1.40. The SMILES string of the molecule is C#CC1CCC(n2c3cnccc3c3cnc(Nc4ccc5c(n4)CNCC5)nc32)CC1. The van der Waals surface area contributed by atoms with Crippen LogP contribution in [0.1, 0.15) is 43.0 Å². The topological polar surface area (TPSA) is 80.5 Å². The predicted octanol–water partition coefficient (Wildman–Crippen LogP) is 4.13. The van der Waals surface area contributed by atoms with Gasteiger partial charge in [0, 0.05) is 41.7 Å². The van der Waals surface area contributed by atoms with Crippen molar-refractivity contribution in [1.29, 1.82) is 0 Å². The number of hydrogen-bond donors (Lipinski definition) is 2. The minimum absolute atomic E-state index is 0.361. The van der Waals surface area contributed by atoms with Crippen LogP contribution in [0.15, 0.2) is 36.8 Å². The second-order valence-corrected chi connectivity index (χ2v) is 8.72. The zero-order valence-electron chi connectivity index (χ0n) is 17.9. The Kier molecular flexibility index (Phi) is 4.73. The Morgan fingerprint density at radius 3 is 2.84 bits per heavy atom. The fourth-order valence-corrected chi connectivity index (χ4v) is 5.12. The van der Waals surface area contributed by atoms with Crippen LogP contribution >= 0.6 is 0 Å². The molecule has 1 aliphatic heterocycles. The highest BCUT2D eigenvalue weighted by Crippen LogP contribution is 2.38. The Morgan fingerprint density at radius 1 is 1.06 bits per heavy atom. The van der Waals surface area contributed by atoms with E-state index in [-0.39, 0.29) is 0 Å². The fraction of sp³-hybridized carbons (Fsp3) is 0.360. The van der Waals surface area contributed by atoms with Crippen LogP contribution in [0, 0.1) is 18.3 Å². The maximum absolute atomic E-state index is 5.68. The zero-order valence-corrected chi connectivity index (χ0v) is 17.9. The minimum atomic E-state index is 0.361. The van der Waals surface area contributed by atoms with E-state index in [9.17, 15) is 0 Å². The number of anilines is 2. The molecule has 6 rings (SSSR count). The first-order valence-electron chi connectivity index (χ1n) is 11.3. The lowest BCUT2D eigenvalue weighted by Crippen LogP contribution is -2.24. The first-order valence-corrected chi connectivity index (χ1v) is 11.3. The number of rotatable bonds is 3. The van der Waals surface area contributed by atoms with Crippen molar-refractivity contribution < 1.29 is 0 Å². The molecule has 0 amide bonds. The second kappa shape index (κ2) is 7.88. The Hall–Kier alpha value is -3.50. The highest BCUT2D eigenvalue weighted by molar-refractivity contribution is 6.06. The van der Waals surface area contributed by atoms with E-state index in [2.05, 4.69) is 43.2 Å². The maximum Gasteiger partial charge on any atom is 0.230 e. The molecule has 4 aromatic heterocycles. The summed E-state index contributed by atoms with van der Waals surface area (Å²) in [4.78, 5) is 18.7. The summed E-state index contributed by atoms with van der Waals surface area (Å²) >= 11 is 0. The van der Waals surface area contributed by atoms with Crippen LogP contribution in [0.3, 0.4) is 0 Å². The van der Waals surface area contributed by atoms with Crippen molar-refractivity contribution in [2.75, 3.05) is 11.9 Å². The van der Waals surface area contributed by atoms with Crippen LogP contribution in [-0.2, 0) is 13.0 Å². The largest absolute Gasteiger partial charge is 0.321 e. The summed E-state index contributed by atoms with van der Waals surface area (Å²) in [5.74, 6) is 4.64. The van der Waals surface area contributed by atoms with E-state index in [4.69, 9.17) is 16.4 Å². The van der Waals surface area contributed by atoms with Crippen LogP contribution in [0.5, 0.6) is 0 Å². The van der Waals surface area contributed by atoms with Crippen molar-refractivity contribution in [1.82, 2.24) is 29.8 Å². The number of aromatic nitrogens is 5. The fourth-order valence-electron chi connectivity index (χ4n) is 5.12. The van der Waals surface area contributed by atoms with Crippen molar-refractivity contribution in [3.8, 4) is 12.3 Å². The molecule has 0 spiro atoms. The summed E-state index contributed by atoms with van der Waals surface area (Å²) in [6, 6.07) is 6.57. The van der Waals surface area contributed by atoms with Crippen molar-refractivity contribution in [3.05, 3.63) is 48.0 Å². The van der Waals surface area contributed by atoms with Crippen molar-refractivity contribution in [2.45, 2.75) is 44.7 Å². The number of terminal acetylenes is 1. The van der Waals surface area contributed by atoms with Gasteiger partial charge in [0.05, 0.1) is 17.4 Å². The van der Waals surface area contributed by atoms with Crippen molar-refractivity contribution in [2.24, 2.45) is 5.92 Å².